The molecule has 0 amide bonds. The van der Waals surface area contributed by atoms with E-state index in [0.29, 0.717) is 0 Å². The van der Waals surface area contributed by atoms with Crippen molar-refractivity contribution < 1.29 is 38.1 Å². The van der Waals surface area contributed by atoms with Gasteiger partial charge in [0.15, 0.2) is 6.23 Å². The minimum absolute atomic E-state index is 0.0161. The summed E-state index contributed by atoms with van der Waals surface area (Å²) in [6.45, 7) is 5.76. The highest BCUT2D eigenvalue weighted by atomic mass is 31.2. The number of rotatable bonds is 10. The maximum atomic E-state index is 13.5. The van der Waals surface area contributed by atoms with E-state index in [1.807, 2.05) is 0 Å². The molecule has 1 fully saturated rings. The highest BCUT2D eigenvalue weighted by Crippen LogP contribution is 2.46. The lowest BCUT2D eigenvalue weighted by molar-refractivity contribution is -0.152. The van der Waals surface area contributed by atoms with Gasteiger partial charge in [-0.25, -0.2) is 14.4 Å². The van der Waals surface area contributed by atoms with Crippen LogP contribution in [0.3, 0.4) is 0 Å². The van der Waals surface area contributed by atoms with E-state index in [4.69, 9.17) is 24.3 Å². The summed E-state index contributed by atoms with van der Waals surface area (Å²) in [4.78, 5) is 27.9. The van der Waals surface area contributed by atoms with Gasteiger partial charge in [0.1, 0.15) is 36.0 Å². The molecule has 37 heavy (non-hydrogen) atoms. The second-order valence-corrected chi connectivity index (χ2v) is 11.5. The molecule has 1 aliphatic heterocycles. The Kier molecular flexibility index (Phi) is 8.78. The number of benzene rings is 1. The number of hydrogen-bond acceptors (Lipinski definition) is 11. The van der Waals surface area contributed by atoms with Crippen LogP contribution >= 0.6 is 7.75 Å². The highest BCUT2D eigenvalue weighted by molar-refractivity contribution is 7.52. The quantitative estimate of drug-likeness (QED) is 0.192. The van der Waals surface area contributed by atoms with Crippen molar-refractivity contribution in [3.8, 4) is 5.75 Å². The van der Waals surface area contributed by atoms with Crippen LogP contribution in [-0.4, -0.2) is 63.3 Å². The second kappa shape index (κ2) is 11.3. The fourth-order valence-corrected chi connectivity index (χ4v) is 4.74. The lowest BCUT2D eigenvalue weighted by atomic mass is 9.96. The number of hydrogen-bond donors (Lipinski definition) is 4. The number of carbonyl (C=O) groups excluding carboxylic acids is 1. The number of aliphatic hydroxyl groups excluding tert-OH is 1. The van der Waals surface area contributed by atoms with Crippen molar-refractivity contribution in [1.82, 2.24) is 14.6 Å². The van der Waals surface area contributed by atoms with Gasteiger partial charge in [0.05, 0.1) is 12.0 Å². The summed E-state index contributed by atoms with van der Waals surface area (Å²) >= 11 is 0. The third-order valence-corrected chi connectivity index (χ3v) is 7.04. The van der Waals surface area contributed by atoms with Crippen molar-refractivity contribution in [2.45, 2.75) is 51.7 Å². The summed E-state index contributed by atoms with van der Waals surface area (Å²) in [6.07, 6.45) is -2.77. The molecule has 0 bridgehead atoms. The first-order chi connectivity index (χ1) is 17.2. The van der Waals surface area contributed by atoms with E-state index in [9.17, 15) is 24.4 Å². The third kappa shape index (κ3) is 7.16. The molecule has 0 spiro atoms. The van der Waals surface area contributed by atoms with E-state index in [-0.39, 0.29) is 24.7 Å². The summed E-state index contributed by atoms with van der Waals surface area (Å²) in [5, 5.41) is 24.2. The number of para-hydroxylation sites is 1. The first-order valence-corrected chi connectivity index (χ1v) is 13.1. The van der Waals surface area contributed by atoms with Crippen molar-refractivity contribution in [3.05, 3.63) is 53.1 Å². The molecule has 0 aliphatic carbocycles. The van der Waals surface area contributed by atoms with Crippen molar-refractivity contribution in [2.75, 3.05) is 25.5 Å². The Bertz CT molecular complexity index is 1180. The van der Waals surface area contributed by atoms with Crippen LogP contribution in [-0.2, 0) is 23.4 Å². The molecule has 5 atom stereocenters. The van der Waals surface area contributed by atoms with Crippen LogP contribution in [0.5, 0.6) is 5.75 Å². The Hall–Kier alpha value is -2.80. The largest absolute Gasteiger partial charge is 0.464 e. The number of aliphatic hydroxyl groups is 2. The zero-order chi connectivity index (χ0) is 27.4. The van der Waals surface area contributed by atoms with Crippen LogP contribution in [0.4, 0.5) is 5.82 Å². The fourth-order valence-electron chi connectivity index (χ4n) is 3.42. The molecular formula is C23H33N4O9P. The van der Waals surface area contributed by atoms with E-state index in [2.05, 4.69) is 10.1 Å². The Morgan fingerprint density at radius 2 is 1.97 bits per heavy atom. The maximum Gasteiger partial charge on any atom is 0.458 e. The first kappa shape index (κ1) is 28.8. The summed E-state index contributed by atoms with van der Waals surface area (Å²) in [6, 6.07) is 9.58. The standard InChI is InChI=1S/C23H33N4O9P/c1-22(2,3)20(29)33-13-11-25-37(32,36-15-8-6-5-7-9-15)34-14-16-18(28)23(4,31)19(35-16)27-12-10-17(24)26-21(27)30/h5-10,12,16,18-19,28,31H,11,13-14H2,1-4H3,(H,25,32)(H2,24,26,30)/t16-,18-,19-,23-,37?/m1/s1. The molecule has 1 saturated heterocycles. The number of nitrogens with two attached hydrogens (primary N) is 1. The smallest absolute Gasteiger partial charge is 0.458 e. The zero-order valence-electron chi connectivity index (χ0n) is 21.1. The van der Waals surface area contributed by atoms with Gasteiger partial charge in [-0.3, -0.25) is 13.9 Å². The second-order valence-electron chi connectivity index (χ2n) is 9.73. The average molecular weight is 541 g/mol. The maximum absolute atomic E-state index is 13.5. The summed E-state index contributed by atoms with van der Waals surface area (Å²) in [5.41, 5.74) is 2.11. The topological polar surface area (TPSA) is 184 Å². The number of ether oxygens (including phenoxy) is 2. The lowest BCUT2D eigenvalue weighted by Crippen LogP contribution is -2.46. The number of aromatic nitrogens is 2. The molecule has 3 rings (SSSR count). The normalized spacial score (nSPS) is 25.4. The number of carbonyl (C=O) groups is 1. The molecule has 0 radical (unpaired) electrons. The minimum atomic E-state index is -4.08. The molecule has 2 aromatic rings. The Balaban J connectivity index is 1.71. The van der Waals surface area contributed by atoms with E-state index < -0.39 is 55.5 Å². The molecule has 1 aliphatic rings. The molecule has 204 valence electrons. The van der Waals surface area contributed by atoms with Gasteiger partial charge in [0.2, 0.25) is 0 Å². The average Bonchev–Trinajstić information content (AvgIpc) is 3.04. The molecule has 5 N–H and O–H groups in total. The van der Waals surface area contributed by atoms with Crippen molar-refractivity contribution in [1.29, 1.82) is 0 Å². The molecule has 1 aromatic heterocycles. The molecule has 0 saturated carbocycles. The van der Waals surface area contributed by atoms with Crippen molar-refractivity contribution >= 4 is 19.5 Å². The van der Waals surface area contributed by atoms with Gasteiger partial charge >= 0.3 is 19.4 Å². The summed E-state index contributed by atoms with van der Waals surface area (Å²) < 4.78 is 36.5. The molecule has 2 heterocycles. The number of nitrogens with zero attached hydrogens (tertiary/aromatic N) is 2. The van der Waals surface area contributed by atoms with Gasteiger partial charge in [-0.1, -0.05) is 18.2 Å². The van der Waals surface area contributed by atoms with Crippen molar-refractivity contribution in [3.63, 3.8) is 0 Å². The predicted molar refractivity (Wildman–Crippen MR) is 132 cm³/mol. The monoisotopic (exact) mass is 540 g/mol. The Labute approximate surface area is 214 Å². The third-order valence-electron chi connectivity index (χ3n) is 5.49. The minimum Gasteiger partial charge on any atom is -0.464 e. The molecule has 14 heteroatoms. The van der Waals surface area contributed by atoms with Crippen LogP contribution in [0.25, 0.3) is 0 Å². The Morgan fingerprint density at radius 1 is 1.30 bits per heavy atom. The van der Waals surface area contributed by atoms with Crippen LogP contribution < -0.4 is 21.0 Å². The SMILES string of the molecule is CC(C)(C)C(=O)OCCNP(=O)(OC[C@H]1O[C@@H](n2ccc(N)nc2=O)[C@](C)(O)[C@@H]1O)Oc1ccccc1. The van der Waals surface area contributed by atoms with Crippen LogP contribution in [0.15, 0.2) is 47.4 Å². The van der Waals surface area contributed by atoms with Gasteiger partial charge in [0, 0.05) is 12.7 Å². The molecule has 1 aromatic carbocycles. The van der Waals surface area contributed by atoms with Gasteiger partial charge < -0.3 is 29.9 Å². The molecule has 1 unspecified atom stereocenters. The highest BCUT2D eigenvalue weighted by Gasteiger charge is 2.54. The number of nitrogen functional groups attached to an aromatic ring is 1. The summed E-state index contributed by atoms with van der Waals surface area (Å²) in [7, 11) is -4.08. The van der Waals surface area contributed by atoms with Gasteiger partial charge in [-0.05, 0) is 45.9 Å². The van der Waals surface area contributed by atoms with E-state index in [1.165, 1.54) is 19.2 Å². The van der Waals surface area contributed by atoms with E-state index in [1.54, 1.807) is 51.1 Å². The summed E-state index contributed by atoms with van der Waals surface area (Å²) in [5.74, 6) is -0.211. The van der Waals surface area contributed by atoms with Gasteiger partial charge in [0.25, 0.3) is 0 Å². The van der Waals surface area contributed by atoms with Gasteiger partial charge in [-0.15, -0.1) is 0 Å². The number of esters is 1. The number of anilines is 1. The van der Waals surface area contributed by atoms with Crippen LogP contribution in [0.2, 0.25) is 0 Å². The van der Waals surface area contributed by atoms with Crippen LogP contribution in [0, 0.1) is 5.41 Å². The predicted octanol–water partition coefficient (Wildman–Crippen LogP) is 1.22. The van der Waals surface area contributed by atoms with Crippen molar-refractivity contribution in [2.24, 2.45) is 5.41 Å². The fraction of sp³-hybridized carbons (Fsp3) is 0.522. The Morgan fingerprint density at radius 3 is 2.59 bits per heavy atom. The lowest BCUT2D eigenvalue weighted by Gasteiger charge is -2.27. The molecular weight excluding hydrogens is 507 g/mol. The van der Waals surface area contributed by atoms with E-state index >= 15 is 0 Å². The number of nitrogens with one attached hydrogen (secondary N) is 1. The molecule has 13 nitrogen and oxygen atoms in total. The van der Waals surface area contributed by atoms with E-state index in [0.717, 1.165) is 4.57 Å². The zero-order valence-corrected chi connectivity index (χ0v) is 22.0. The first-order valence-electron chi connectivity index (χ1n) is 11.5. The van der Waals surface area contributed by atoms with Gasteiger partial charge in [-0.2, -0.15) is 4.98 Å². The van der Waals surface area contributed by atoms with Crippen LogP contribution in [0.1, 0.15) is 33.9 Å².